The normalized spacial score (nSPS) is 18.2. The molecule has 0 spiro atoms. The first-order chi connectivity index (χ1) is 19.0. The van der Waals surface area contributed by atoms with Crippen LogP contribution < -0.4 is 15.0 Å². The maximum atomic E-state index is 13.1. The maximum absolute atomic E-state index is 13.1. The Bertz CT molecular complexity index is 1370. The zero-order valence-corrected chi connectivity index (χ0v) is 22.9. The molecule has 3 aliphatic rings. The second-order valence-corrected chi connectivity index (χ2v) is 11.1. The molecular formula is C29H29Cl2N5O3. The predicted molar refractivity (Wildman–Crippen MR) is 151 cm³/mol. The van der Waals surface area contributed by atoms with Gasteiger partial charge in [-0.2, -0.15) is 4.98 Å². The number of carbonyl (C=O) groups excluding carboxylic acids is 2. The molecule has 1 saturated heterocycles. The van der Waals surface area contributed by atoms with Crippen LogP contribution in [0.2, 0.25) is 10.0 Å². The number of hydrogen-bond donors (Lipinski definition) is 1. The van der Waals surface area contributed by atoms with Crippen molar-refractivity contribution in [3.8, 4) is 5.88 Å². The lowest BCUT2D eigenvalue weighted by Gasteiger charge is -2.34. The Labute approximate surface area is 237 Å². The van der Waals surface area contributed by atoms with Crippen molar-refractivity contribution < 1.29 is 14.3 Å². The number of rotatable bonds is 5. The van der Waals surface area contributed by atoms with Crippen LogP contribution in [0.1, 0.15) is 60.4 Å². The van der Waals surface area contributed by atoms with Crippen molar-refractivity contribution in [3.05, 3.63) is 69.8 Å². The van der Waals surface area contributed by atoms with Gasteiger partial charge in [-0.25, -0.2) is 4.98 Å². The molecule has 2 fully saturated rings. The van der Waals surface area contributed by atoms with Crippen LogP contribution in [-0.2, 0) is 4.79 Å². The van der Waals surface area contributed by atoms with Crippen LogP contribution in [0.5, 0.6) is 5.88 Å². The van der Waals surface area contributed by atoms with Crippen molar-refractivity contribution in [2.45, 2.75) is 44.4 Å². The van der Waals surface area contributed by atoms with Crippen LogP contribution in [0, 0.1) is 5.92 Å². The molecule has 2 aromatic carbocycles. The molecule has 1 saturated carbocycles. The minimum Gasteiger partial charge on any atom is -0.455 e. The van der Waals surface area contributed by atoms with Crippen LogP contribution >= 0.6 is 23.2 Å². The number of para-hydroxylation sites is 1. The summed E-state index contributed by atoms with van der Waals surface area (Å²) in [6, 6.07) is 13.3. The summed E-state index contributed by atoms with van der Waals surface area (Å²) in [7, 11) is 0. The molecule has 0 radical (unpaired) electrons. The van der Waals surface area contributed by atoms with E-state index in [9.17, 15) is 9.59 Å². The molecule has 0 unspecified atom stereocenters. The first kappa shape index (κ1) is 25.9. The Balaban J connectivity index is 1.08. The molecule has 3 aromatic rings. The van der Waals surface area contributed by atoms with Crippen molar-refractivity contribution in [1.29, 1.82) is 0 Å². The third-order valence-electron chi connectivity index (χ3n) is 7.92. The Morgan fingerprint density at radius 2 is 1.67 bits per heavy atom. The Morgan fingerprint density at radius 3 is 2.36 bits per heavy atom. The third kappa shape index (κ3) is 5.28. The molecule has 3 heterocycles. The summed E-state index contributed by atoms with van der Waals surface area (Å²) in [4.78, 5) is 38.0. The quantitative estimate of drug-likeness (QED) is 0.384. The van der Waals surface area contributed by atoms with E-state index < -0.39 is 0 Å². The van der Waals surface area contributed by atoms with Crippen molar-refractivity contribution in [1.82, 2.24) is 14.9 Å². The smallest absolute Gasteiger partial charge is 0.268 e. The number of benzene rings is 2. The van der Waals surface area contributed by atoms with Gasteiger partial charge in [0.2, 0.25) is 17.7 Å². The fourth-order valence-electron chi connectivity index (χ4n) is 5.76. The standard InChI is InChI=1S/C29H29Cl2N5O3/c30-23-6-3-7-24(31)25(23)36-17-39-26-22(28(36)38)16-32-29(34-26)33-21-10-8-18(9-11-21)19-12-14-35(15-13-19)27(37)20-4-1-2-5-20/h3,6-11,16,19-20H,1-2,4-5,12-15,17H2,(H,32,33,34). The monoisotopic (exact) mass is 565 g/mol. The minimum absolute atomic E-state index is 0.0640. The SMILES string of the molecule is O=C(C1CCCC1)N1CCC(c2ccc(Nc3ncc4c(n3)OCN(c3c(Cl)cccc3Cl)C4=O)cc2)CC1. The van der Waals surface area contributed by atoms with Crippen molar-refractivity contribution in [2.24, 2.45) is 5.92 Å². The predicted octanol–water partition coefficient (Wildman–Crippen LogP) is 6.42. The fourth-order valence-corrected chi connectivity index (χ4v) is 6.36. The highest BCUT2D eigenvalue weighted by Crippen LogP contribution is 2.37. The van der Waals surface area contributed by atoms with Crippen LogP contribution in [0.4, 0.5) is 17.3 Å². The van der Waals surface area contributed by atoms with Gasteiger partial charge < -0.3 is 15.0 Å². The van der Waals surface area contributed by atoms with Gasteiger partial charge in [0.25, 0.3) is 5.91 Å². The number of piperidine rings is 1. The van der Waals surface area contributed by atoms with Crippen LogP contribution in [-0.4, -0.2) is 46.5 Å². The molecule has 1 N–H and O–H groups in total. The second-order valence-electron chi connectivity index (χ2n) is 10.3. The zero-order valence-electron chi connectivity index (χ0n) is 21.4. The number of hydrogen-bond acceptors (Lipinski definition) is 6. The molecule has 2 amide bonds. The lowest BCUT2D eigenvalue weighted by Crippen LogP contribution is -2.40. The van der Waals surface area contributed by atoms with Crippen LogP contribution in [0.15, 0.2) is 48.7 Å². The first-order valence-corrected chi connectivity index (χ1v) is 14.1. The average Bonchev–Trinajstić information content (AvgIpc) is 3.50. The molecule has 1 aromatic heterocycles. The number of anilines is 3. The Hall–Kier alpha value is -3.36. The van der Waals surface area contributed by atoms with Gasteiger partial charge in [-0.05, 0) is 61.4 Å². The number of nitrogens with zero attached hydrogens (tertiary/aromatic N) is 4. The molecule has 6 rings (SSSR count). The number of aromatic nitrogens is 2. The number of ether oxygens (including phenoxy) is 1. The van der Waals surface area contributed by atoms with Crippen LogP contribution in [0.3, 0.4) is 0 Å². The number of carbonyl (C=O) groups is 2. The summed E-state index contributed by atoms with van der Waals surface area (Å²) in [5, 5.41) is 3.90. The molecule has 2 aliphatic heterocycles. The molecular weight excluding hydrogens is 537 g/mol. The number of nitrogens with one attached hydrogen (secondary N) is 1. The Kier molecular flexibility index (Phi) is 7.32. The molecule has 10 heteroatoms. The lowest BCUT2D eigenvalue weighted by atomic mass is 9.89. The van der Waals surface area contributed by atoms with E-state index in [4.69, 9.17) is 27.9 Å². The molecule has 39 heavy (non-hydrogen) atoms. The Morgan fingerprint density at radius 1 is 0.974 bits per heavy atom. The van der Waals surface area contributed by atoms with Gasteiger partial charge in [0, 0.05) is 30.9 Å². The number of amides is 2. The molecule has 0 bridgehead atoms. The first-order valence-electron chi connectivity index (χ1n) is 13.4. The second kappa shape index (κ2) is 11.0. The van der Waals surface area contributed by atoms with Crippen molar-refractivity contribution in [2.75, 3.05) is 30.0 Å². The molecule has 8 nitrogen and oxygen atoms in total. The van der Waals surface area contributed by atoms with Gasteiger partial charge in [-0.1, -0.05) is 54.2 Å². The van der Waals surface area contributed by atoms with Crippen molar-refractivity contribution >= 4 is 52.3 Å². The highest BCUT2D eigenvalue weighted by atomic mass is 35.5. The minimum atomic E-state index is -0.335. The maximum Gasteiger partial charge on any atom is 0.268 e. The van der Waals surface area contributed by atoms with Crippen LogP contribution in [0.25, 0.3) is 0 Å². The van der Waals surface area contributed by atoms with E-state index in [0.29, 0.717) is 33.5 Å². The van der Waals surface area contributed by atoms with E-state index >= 15 is 0 Å². The van der Waals surface area contributed by atoms with Gasteiger partial charge in [0.05, 0.1) is 15.7 Å². The lowest BCUT2D eigenvalue weighted by molar-refractivity contribution is -0.136. The van der Waals surface area contributed by atoms with Gasteiger partial charge in [-0.15, -0.1) is 0 Å². The summed E-state index contributed by atoms with van der Waals surface area (Å²) >= 11 is 12.6. The highest BCUT2D eigenvalue weighted by Gasteiger charge is 2.32. The van der Waals surface area contributed by atoms with Crippen molar-refractivity contribution in [3.63, 3.8) is 0 Å². The summed E-state index contributed by atoms with van der Waals surface area (Å²) < 4.78 is 5.77. The molecule has 202 valence electrons. The zero-order chi connectivity index (χ0) is 26.9. The fraction of sp³-hybridized carbons (Fsp3) is 0.379. The number of halogens is 2. The van der Waals surface area contributed by atoms with E-state index in [-0.39, 0.29) is 30.0 Å². The molecule has 1 aliphatic carbocycles. The summed E-state index contributed by atoms with van der Waals surface area (Å²) in [6.07, 6.45) is 7.90. The highest BCUT2D eigenvalue weighted by molar-refractivity contribution is 6.40. The van der Waals surface area contributed by atoms with Gasteiger partial charge >= 0.3 is 0 Å². The largest absolute Gasteiger partial charge is 0.455 e. The van der Waals surface area contributed by atoms with E-state index in [0.717, 1.165) is 44.5 Å². The average molecular weight is 566 g/mol. The summed E-state index contributed by atoms with van der Waals surface area (Å²) in [5.74, 6) is 1.26. The summed E-state index contributed by atoms with van der Waals surface area (Å²) in [5.41, 5.74) is 2.73. The van der Waals surface area contributed by atoms with Gasteiger partial charge in [0.15, 0.2) is 6.73 Å². The van der Waals surface area contributed by atoms with E-state index in [1.807, 2.05) is 12.1 Å². The number of fused-ring (bicyclic) bond motifs is 1. The topological polar surface area (TPSA) is 87.7 Å². The van der Waals surface area contributed by atoms with E-state index in [2.05, 4.69) is 32.3 Å². The number of likely N-dealkylation sites (tertiary alicyclic amines) is 1. The van der Waals surface area contributed by atoms with Gasteiger partial charge in [-0.3, -0.25) is 14.5 Å². The van der Waals surface area contributed by atoms with E-state index in [1.165, 1.54) is 29.5 Å². The molecule has 0 atom stereocenters. The van der Waals surface area contributed by atoms with Gasteiger partial charge in [0.1, 0.15) is 5.56 Å². The summed E-state index contributed by atoms with van der Waals surface area (Å²) in [6.45, 7) is 1.61. The van der Waals surface area contributed by atoms with E-state index in [1.54, 1.807) is 18.2 Å². The third-order valence-corrected chi connectivity index (χ3v) is 8.53.